The van der Waals surface area contributed by atoms with Gasteiger partial charge in [-0.1, -0.05) is 72.3 Å². The Labute approximate surface area is 184 Å². The topological polar surface area (TPSA) is 22.2 Å². The molecule has 5 heteroatoms. The van der Waals surface area contributed by atoms with Gasteiger partial charge in [0.25, 0.3) is 0 Å². The van der Waals surface area contributed by atoms with Crippen molar-refractivity contribution < 1.29 is 4.74 Å². The normalized spacial score (nSPS) is 16.6. The summed E-state index contributed by atoms with van der Waals surface area (Å²) < 4.78 is 5.18. The Morgan fingerprint density at radius 2 is 0.857 bits per heavy atom. The summed E-state index contributed by atoms with van der Waals surface area (Å²) in [7, 11) is 8.43. The predicted octanol–water partition coefficient (Wildman–Crippen LogP) is 6.26. The first-order valence-electron chi connectivity index (χ1n) is 8.66. The standard InChI is InChI=1S/C7H18N2.C5H11NO.C5H13N.6CH4/c1-5-8(3)7-9(4)6-2;1-4-6(3)5(2)7-4;1-4-6(3)5-2;;;;;;/h5-7H2,1-4H3;4-5H,1-3H3;4-5H2,1-3H3;6*1H4. The summed E-state index contributed by atoms with van der Waals surface area (Å²) in [6.45, 7) is 18.4. The number of hydrogen-bond donors (Lipinski definition) is 0. The molecule has 0 bridgehead atoms. The Kier molecular flexibility index (Phi) is 57.3. The fourth-order valence-electron chi connectivity index (χ4n) is 1.55. The van der Waals surface area contributed by atoms with Gasteiger partial charge in [-0.05, 0) is 68.2 Å². The van der Waals surface area contributed by atoms with Crippen LogP contribution < -0.4 is 0 Å². The predicted molar refractivity (Wildman–Crippen MR) is 138 cm³/mol. The van der Waals surface area contributed by atoms with Crippen LogP contribution >= 0.6 is 0 Å². The van der Waals surface area contributed by atoms with E-state index in [1.54, 1.807) is 0 Å². The molecule has 2 atom stereocenters. The molecular weight excluding hydrogens is 348 g/mol. The van der Waals surface area contributed by atoms with Gasteiger partial charge in [0, 0.05) is 6.67 Å². The lowest BCUT2D eigenvalue weighted by Crippen LogP contribution is -2.52. The van der Waals surface area contributed by atoms with E-state index in [1.807, 2.05) is 13.8 Å². The van der Waals surface area contributed by atoms with Gasteiger partial charge < -0.3 is 9.64 Å². The second-order valence-electron chi connectivity index (χ2n) is 5.97. The molecule has 184 valence electrons. The lowest BCUT2D eigenvalue weighted by molar-refractivity contribution is -0.255. The van der Waals surface area contributed by atoms with Crippen molar-refractivity contribution in [2.45, 2.75) is 98.6 Å². The summed E-state index contributed by atoms with van der Waals surface area (Å²) >= 11 is 0. The van der Waals surface area contributed by atoms with Crippen molar-refractivity contribution in [1.82, 2.24) is 19.6 Å². The third kappa shape index (κ3) is 28.0. The van der Waals surface area contributed by atoms with E-state index < -0.39 is 0 Å². The number of hydrogen-bond acceptors (Lipinski definition) is 5. The molecular formula is C23H66N4O. The zero-order valence-corrected chi connectivity index (χ0v) is 16.9. The molecule has 1 aliphatic heterocycles. The molecule has 28 heavy (non-hydrogen) atoms. The summed E-state index contributed by atoms with van der Waals surface area (Å²) in [5, 5.41) is 0. The minimum absolute atomic E-state index is 0. The third-order valence-corrected chi connectivity index (χ3v) is 4.18. The minimum Gasteiger partial charge on any atom is -0.345 e. The fourth-order valence-corrected chi connectivity index (χ4v) is 1.55. The average Bonchev–Trinajstić information content (AvgIpc) is 2.54. The maximum atomic E-state index is 5.18. The van der Waals surface area contributed by atoms with E-state index in [1.165, 1.54) is 0 Å². The molecule has 0 amide bonds. The lowest BCUT2D eigenvalue weighted by atomic mass is 10.4. The van der Waals surface area contributed by atoms with Crippen LogP contribution in [-0.2, 0) is 4.74 Å². The highest BCUT2D eigenvalue weighted by Crippen LogP contribution is 2.16. The average molecular weight is 415 g/mol. The van der Waals surface area contributed by atoms with Gasteiger partial charge in [-0.15, -0.1) is 0 Å². The van der Waals surface area contributed by atoms with Crippen molar-refractivity contribution in [3.8, 4) is 0 Å². The summed E-state index contributed by atoms with van der Waals surface area (Å²) in [6, 6.07) is 0. The van der Waals surface area contributed by atoms with Gasteiger partial charge in [0.2, 0.25) is 0 Å². The van der Waals surface area contributed by atoms with Gasteiger partial charge in [-0.3, -0.25) is 14.7 Å². The quantitative estimate of drug-likeness (QED) is 0.477. The smallest absolute Gasteiger partial charge is 0.111 e. The highest BCUT2D eigenvalue weighted by molar-refractivity contribution is 4.64. The second-order valence-corrected chi connectivity index (χ2v) is 5.97. The molecule has 1 heterocycles. The third-order valence-electron chi connectivity index (χ3n) is 4.18. The molecule has 1 aliphatic rings. The van der Waals surface area contributed by atoms with Crippen molar-refractivity contribution in [2.24, 2.45) is 0 Å². The van der Waals surface area contributed by atoms with Crippen molar-refractivity contribution in [3.63, 3.8) is 0 Å². The van der Waals surface area contributed by atoms with Crippen molar-refractivity contribution in [1.29, 1.82) is 0 Å². The molecule has 0 spiro atoms. The van der Waals surface area contributed by atoms with Gasteiger partial charge >= 0.3 is 0 Å². The van der Waals surface area contributed by atoms with Crippen LogP contribution in [0.1, 0.15) is 86.1 Å². The molecule has 5 nitrogen and oxygen atoms in total. The van der Waals surface area contributed by atoms with Gasteiger partial charge in [-0.2, -0.15) is 0 Å². The Bertz CT molecular complexity index is 223. The van der Waals surface area contributed by atoms with Crippen LogP contribution in [0.4, 0.5) is 0 Å². The van der Waals surface area contributed by atoms with E-state index in [9.17, 15) is 0 Å². The van der Waals surface area contributed by atoms with Crippen LogP contribution in [-0.4, -0.2) is 93.1 Å². The van der Waals surface area contributed by atoms with Crippen LogP contribution in [0.2, 0.25) is 0 Å². The van der Waals surface area contributed by atoms with E-state index in [-0.39, 0.29) is 44.6 Å². The first kappa shape index (κ1) is 50.9. The molecule has 0 saturated carbocycles. The zero-order valence-electron chi connectivity index (χ0n) is 16.9. The molecule has 2 unspecified atom stereocenters. The van der Waals surface area contributed by atoms with Gasteiger partial charge in [0.05, 0.1) is 0 Å². The number of nitrogens with zero attached hydrogens (tertiary/aromatic N) is 4. The Hall–Kier alpha value is -0.200. The number of rotatable bonds is 6. The molecule has 1 saturated heterocycles. The fraction of sp³-hybridized carbons (Fsp3) is 1.00. The van der Waals surface area contributed by atoms with Gasteiger partial charge in [-0.25, -0.2) is 0 Å². The Balaban J connectivity index is -0.0000000327. The molecule has 0 aromatic heterocycles. The molecule has 0 aromatic rings. The van der Waals surface area contributed by atoms with E-state index in [2.05, 4.69) is 75.5 Å². The summed E-state index contributed by atoms with van der Waals surface area (Å²) in [4.78, 5) is 8.98. The largest absolute Gasteiger partial charge is 0.345 e. The van der Waals surface area contributed by atoms with Crippen LogP contribution in [0.3, 0.4) is 0 Å². The van der Waals surface area contributed by atoms with Gasteiger partial charge in [0.1, 0.15) is 12.5 Å². The molecule has 0 aliphatic carbocycles. The van der Waals surface area contributed by atoms with E-state index in [0.29, 0.717) is 12.5 Å². The van der Waals surface area contributed by atoms with Crippen LogP contribution in [0.25, 0.3) is 0 Å². The highest BCUT2D eigenvalue weighted by atomic mass is 16.6. The van der Waals surface area contributed by atoms with Crippen molar-refractivity contribution in [2.75, 3.05) is 61.0 Å². The summed E-state index contributed by atoms with van der Waals surface area (Å²) in [6.07, 6.45) is 0.685. The highest BCUT2D eigenvalue weighted by Gasteiger charge is 2.27. The molecule has 0 aromatic carbocycles. The Morgan fingerprint density at radius 1 is 0.607 bits per heavy atom. The SMILES string of the molecule is C.C.C.C.C.C.CC1OC(C)N1C.CCN(C)CC.CCN(C)CN(C)CC. The molecule has 0 radical (unpaired) electrons. The summed E-state index contributed by atoms with van der Waals surface area (Å²) in [5.74, 6) is 0. The van der Waals surface area contributed by atoms with Crippen molar-refractivity contribution >= 4 is 0 Å². The second kappa shape index (κ2) is 31.5. The maximum Gasteiger partial charge on any atom is 0.111 e. The van der Waals surface area contributed by atoms with Crippen LogP contribution in [0, 0.1) is 0 Å². The lowest BCUT2D eigenvalue weighted by Gasteiger charge is -2.42. The molecule has 1 rings (SSSR count). The van der Waals surface area contributed by atoms with Crippen LogP contribution in [0.5, 0.6) is 0 Å². The minimum atomic E-state index is 0. The maximum absolute atomic E-state index is 5.18. The van der Waals surface area contributed by atoms with E-state index in [4.69, 9.17) is 4.74 Å². The molecule has 1 fully saturated rings. The first-order valence-corrected chi connectivity index (χ1v) is 8.66. The monoisotopic (exact) mass is 415 g/mol. The van der Waals surface area contributed by atoms with E-state index >= 15 is 0 Å². The van der Waals surface area contributed by atoms with Crippen LogP contribution in [0.15, 0.2) is 0 Å². The Morgan fingerprint density at radius 3 is 0.929 bits per heavy atom. The van der Waals surface area contributed by atoms with Crippen molar-refractivity contribution in [3.05, 3.63) is 0 Å². The van der Waals surface area contributed by atoms with E-state index in [0.717, 1.165) is 32.8 Å². The molecule has 0 N–H and O–H groups in total. The first-order chi connectivity index (χ1) is 10.2. The zero-order chi connectivity index (χ0) is 17.7. The summed E-state index contributed by atoms with van der Waals surface area (Å²) in [5.41, 5.74) is 0. The number of ether oxygens (including phenoxy) is 1. The van der Waals surface area contributed by atoms with Gasteiger partial charge in [0.15, 0.2) is 0 Å².